The van der Waals surface area contributed by atoms with Crippen LogP contribution in [0.1, 0.15) is 5.69 Å². The third kappa shape index (κ3) is 1.60. The highest BCUT2D eigenvalue weighted by Gasteiger charge is 2.15. The molecular formula is C11H12N2O3. The van der Waals surface area contributed by atoms with Crippen LogP contribution in [-0.4, -0.2) is 28.0 Å². The number of methoxy groups -OCH3 is 1. The summed E-state index contributed by atoms with van der Waals surface area (Å²) in [5, 5.41) is 13.9. The lowest BCUT2D eigenvalue weighted by Crippen LogP contribution is -2.06. The van der Waals surface area contributed by atoms with Crippen LogP contribution >= 0.6 is 0 Å². The minimum atomic E-state index is -0.879. The van der Waals surface area contributed by atoms with E-state index in [1.54, 1.807) is 24.9 Å². The molecule has 0 aliphatic heterocycles. The molecule has 1 heterocycles. The zero-order chi connectivity index (χ0) is 11.7. The van der Waals surface area contributed by atoms with E-state index in [0.29, 0.717) is 11.4 Å². The molecule has 1 N–H and O–H groups in total. The third-order valence-electron chi connectivity index (χ3n) is 2.48. The molecule has 0 amide bonds. The second-order valence-electron chi connectivity index (χ2n) is 3.50. The molecule has 84 valence electrons. The Morgan fingerprint density at radius 1 is 1.56 bits per heavy atom. The molecule has 0 radical (unpaired) electrons. The average molecular weight is 220 g/mol. The number of carboxylic acid groups (broad SMARTS) is 1. The van der Waals surface area contributed by atoms with Crippen molar-refractivity contribution in [1.82, 2.24) is 9.78 Å². The fraction of sp³-hybridized carbons (Fsp3) is 0.273. The molecular weight excluding hydrogens is 208 g/mol. The zero-order valence-electron chi connectivity index (χ0n) is 9.10. The van der Waals surface area contributed by atoms with Gasteiger partial charge in [0.2, 0.25) is 0 Å². The predicted molar refractivity (Wildman–Crippen MR) is 58.6 cm³/mol. The van der Waals surface area contributed by atoms with Gasteiger partial charge in [-0.15, -0.1) is 0 Å². The van der Waals surface area contributed by atoms with E-state index in [1.165, 1.54) is 0 Å². The second kappa shape index (κ2) is 3.84. The molecule has 0 atom stereocenters. The zero-order valence-corrected chi connectivity index (χ0v) is 9.10. The molecule has 1 aromatic heterocycles. The summed E-state index contributed by atoms with van der Waals surface area (Å²) in [7, 11) is 3.30. The summed E-state index contributed by atoms with van der Waals surface area (Å²) in [6.45, 7) is 0. The molecule has 0 aliphatic rings. The summed E-state index contributed by atoms with van der Waals surface area (Å²) in [5.41, 5.74) is 1.40. The van der Waals surface area contributed by atoms with Crippen molar-refractivity contribution in [1.29, 1.82) is 0 Å². The van der Waals surface area contributed by atoms with E-state index in [9.17, 15) is 4.79 Å². The van der Waals surface area contributed by atoms with E-state index < -0.39 is 5.97 Å². The van der Waals surface area contributed by atoms with Gasteiger partial charge in [0.15, 0.2) is 0 Å². The van der Waals surface area contributed by atoms with Crippen molar-refractivity contribution in [3.63, 3.8) is 0 Å². The van der Waals surface area contributed by atoms with Gasteiger partial charge in [-0.25, -0.2) is 0 Å². The van der Waals surface area contributed by atoms with Crippen LogP contribution in [0.4, 0.5) is 0 Å². The smallest absolute Gasteiger partial charge is 0.309 e. The van der Waals surface area contributed by atoms with Gasteiger partial charge in [-0.1, -0.05) is 6.07 Å². The van der Waals surface area contributed by atoms with Crippen LogP contribution in [0.2, 0.25) is 0 Å². The van der Waals surface area contributed by atoms with Gasteiger partial charge in [0, 0.05) is 7.05 Å². The van der Waals surface area contributed by atoms with Crippen LogP contribution in [0.25, 0.3) is 10.9 Å². The Morgan fingerprint density at radius 2 is 2.31 bits per heavy atom. The van der Waals surface area contributed by atoms with E-state index in [0.717, 1.165) is 10.9 Å². The number of carboxylic acids is 1. The highest BCUT2D eigenvalue weighted by molar-refractivity contribution is 5.90. The van der Waals surface area contributed by atoms with Crippen LogP contribution in [-0.2, 0) is 18.3 Å². The van der Waals surface area contributed by atoms with E-state index in [4.69, 9.17) is 9.84 Å². The molecule has 1 aromatic carbocycles. The number of rotatable bonds is 3. The Hall–Kier alpha value is -2.04. The molecule has 0 bridgehead atoms. The average Bonchev–Trinajstić information content (AvgIpc) is 2.54. The van der Waals surface area contributed by atoms with Crippen molar-refractivity contribution in [2.75, 3.05) is 7.11 Å². The first-order chi connectivity index (χ1) is 7.63. The van der Waals surface area contributed by atoms with Gasteiger partial charge in [-0.05, 0) is 12.1 Å². The minimum Gasteiger partial charge on any atom is -0.496 e. The molecule has 0 fully saturated rings. The largest absolute Gasteiger partial charge is 0.496 e. The summed E-state index contributed by atoms with van der Waals surface area (Å²) in [5.74, 6) is -0.224. The second-order valence-corrected chi connectivity index (χ2v) is 3.50. The summed E-state index contributed by atoms with van der Waals surface area (Å²) < 4.78 is 6.80. The van der Waals surface area contributed by atoms with E-state index in [-0.39, 0.29) is 6.42 Å². The van der Waals surface area contributed by atoms with Crippen molar-refractivity contribution >= 4 is 16.9 Å². The molecule has 2 aromatic rings. The van der Waals surface area contributed by atoms with Gasteiger partial charge in [0.05, 0.1) is 30.1 Å². The maximum absolute atomic E-state index is 10.8. The molecule has 0 spiro atoms. The van der Waals surface area contributed by atoms with Crippen LogP contribution in [0.15, 0.2) is 18.2 Å². The molecule has 0 aliphatic carbocycles. The number of nitrogens with zero attached hydrogens (tertiary/aromatic N) is 2. The third-order valence-corrected chi connectivity index (χ3v) is 2.48. The number of benzene rings is 1. The Morgan fingerprint density at radius 3 is 2.94 bits per heavy atom. The number of carbonyl (C=O) groups is 1. The van der Waals surface area contributed by atoms with Crippen molar-refractivity contribution in [2.45, 2.75) is 6.42 Å². The van der Waals surface area contributed by atoms with E-state index in [1.807, 2.05) is 12.1 Å². The lowest BCUT2D eigenvalue weighted by Gasteiger charge is -2.03. The summed E-state index contributed by atoms with van der Waals surface area (Å²) in [6, 6.07) is 5.47. The number of fused-ring (bicyclic) bond motifs is 1. The van der Waals surface area contributed by atoms with Crippen molar-refractivity contribution in [3.8, 4) is 5.75 Å². The number of hydrogen-bond donors (Lipinski definition) is 1. The fourth-order valence-electron chi connectivity index (χ4n) is 1.79. The van der Waals surface area contributed by atoms with Crippen LogP contribution < -0.4 is 4.74 Å². The highest BCUT2D eigenvalue weighted by atomic mass is 16.5. The first kappa shape index (κ1) is 10.5. The van der Waals surface area contributed by atoms with Gasteiger partial charge in [0.1, 0.15) is 5.75 Å². The molecule has 0 saturated carbocycles. The van der Waals surface area contributed by atoms with Crippen LogP contribution in [0.5, 0.6) is 5.75 Å². The standard InChI is InChI=1S/C11H12N2O3/c1-13-8(6-10(14)15)11-7(12-13)4-3-5-9(11)16-2/h3-5H,6H2,1-2H3,(H,14,15). The van der Waals surface area contributed by atoms with Crippen molar-refractivity contribution in [3.05, 3.63) is 23.9 Å². The van der Waals surface area contributed by atoms with Gasteiger partial charge in [-0.3, -0.25) is 9.48 Å². The maximum atomic E-state index is 10.8. The Kier molecular flexibility index (Phi) is 2.52. The monoisotopic (exact) mass is 220 g/mol. The van der Waals surface area contributed by atoms with Gasteiger partial charge in [-0.2, -0.15) is 5.10 Å². The van der Waals surface area contributed by atoms with Crippen LogP contribution in [0.3, 0.4) is 0 Å². The molecule has 5 nitrogen and oxygen atoms in total. The number of aromatic nitrogens is 2. The molecule has 16 heavy (non-hydrogen) atoms. The molecule has 5 heteroatoms. The number of aliphatic carboxylic acids is 1. The summed E-state index contributed by atoms with van der Waals surface area (Å²) in [6.07, 6.45) is -0.0621. The first-order valence-corrected chi connectivity index (χ1v) is 4.84. The highest BCUT2D eigenvalue weighted by Crippen LogP contribution is 2.28. The van der Waals surface area contributed by atoms with Crippen molar-refractivity contribution in [2.24, 2.45) is 7.05 Å². The minimum absolute atomic E-state index is 0.0621. The normalized spacial score (nSPS) is 10.6. The number of ether oxygens (including phenoxy) is 1. The lowest BCUT2D eigenvalue weighted by atomic mass is 10.1. The van der Waals surface area contributed by atoms with E-state index in [2.05, 4.69) is 5.10 Å². The van der Waals surface area contributed by atoms with Gasteiger partial charge < -0.3 is 9.84 Å². The summed E-state index contributed by atoms with van der Waals surface area (Å²) >= 11 is 0. The lowest BCUT2D eigenvalue weighted by molar-refractivity contribution is -0.136. The molecule has 0 saturated heterocycles. The molecule has 0 unspecified atom stereocenters. The SMILES string of the molecule is COc1cccc2nn(C)c(CC(=O)O)c12. The van der Waals surface area contributed by atoms with Gasteiger partial charge >= 0.3 is 5.97 Å². The van der Waals surface area contributed by atoms with E-state index >= 15 is 0 Å². The van der Waals surface area contributed by atoms with Crippen LogP contribution in [0, 0.1) is 0 Å². The number of hydrogen-bond acceptors (Lipinski definition) is 3. The van der Waals surface area contributed by atoms with Crippen molar-refractivity contribution < 1.29 is 14.6 Å². The molecule has 2 rings (SSSR count). The fourth-order valence-corrected chi connectivity index (χ4v) is 1.79. The Bertz CT molecular complexity index is 545. The Labute approximate surface area is 92.2 Å². The number of aryl methyl sites for hydroxylation is 1. The topological polar surface area (TPSA) is 64.4 Å². The van der Waals surface area contributed by atoms with Gasteiger partial charge in [0.25, 0.3) is 0 Å². The summed E-state index contributed by atoms with van der Waals surface area (Å²) in [4.78, 5) is 10.8. The predicted octanol–water partition coefficient (Wildman–Crippen LogP) is 1.21. The maximum Gasteiger partial charge on any atom is 0.309 e. The Balaban J connectivity index is 2.70. The quantitative estimate of drug-likeness (QED) is 0.844. The first-order valence-electron chi connectivity index (χ1n) is 4.84.